The second-order valence-corrected chi connectivity index (χ2v) is 9.72. The van der Waals surface area contributed by atoms with Gasteiger partial charge in [-0.05, 0) is 69.9 Å². The predicted molar refractivity (Wildman–Crippen MR) is 132 cm³/mol. The van der Waals surface area contributed by atoms with E-state index in [2.05, 4.69) is 21.4 Å². The van der Waals surface area contributed by atoms with Crippen molar-refractivity contribution in [1.29, 1.82) is 0 Å². The van der Waals surface area contributed by atoms with E-state index in [1.165, 1.54) is 7.11 Å². The molecule has 3 aromatic rings. The number of piperidine rings is 1. The number of hydrogen-bond donors (Lipinski definition) is 2. The number of aromatic amines is 1. The predicted octanol–water partition coefficient (Wildman–Crippen LogP) is 5.14. The van der Waals surface area contributed by atoms with Crippen LogP contribution in [0.3, 0.4) is 0 Å². The van der Waals surface area contributed by atoms with Crippen LogP contribution in [0.1, 0.15) is 49.5 Å². The van der Waals surface area contributed by atoms with Crippen LogP contribution >= 0.6 is 0 Å². The highest BCUT2D eigenvalue weighted by atomic mass is 16.6. The van der Waals surface area contributed by atoms with Crippen LogP contribution in [0.15, 0.2) is 36.7 Å². The number of H-pyrrole nitrogens is 1. The lowest BCUT2D eigenvalue weighted by Crippen LogP contribution is -2.46. The summed E-state index contributed by atoms with van der Waals surface area (Å²) >= 11 is 0. The van der Waals surface area contributed by atoms with Crippen molar-refractivity contribution in [3.8, 4) is 11.1 Å². The fourth-order valence-corrected chi connectivity index (χ4v) is 4.37. The van der Waals surface area contributed by atoms with Gasteiger partial charge in [-0.3, -0.25) is 0 Å². The van der Waals surface area contributed by atoms with Gasteiger partial charge >= 0.3 is 12.1 Å². The molecule has 3 heterocycles. The quantitative estimate of drug-likeness (QED) is 0.519. The number of pyridine rings is 1. The molecule has 0 radical (unpaired) electrons. The summed E-state index contributed by atoms with van der Waals surface area (Å²) in [7, 11) is 1.37. The molecule has 1 atom stereocenters. The van der Waals surface area contributed by atoms with E-state index in [0.717, 1.165) is 40.6 Å². The number of ether oxygens (including phenoxy) is 2. The third kappa shape index (κ3) is 5.00. The summed E-state index contributed by atoms with van der Waals surface area (Å²) in [6.07, 6.45) is 4.94. The number of anilines is 1. The Balaban J connectivity index is 1.62. The standard InChI is InChI=1S/C26H32N4O4/c1-16-8-9-17(29-18-7-6-12-30(15-18)25(32)34-26(2,3)4)13-20(16)22-19-10-11-27-23(19)28-14-21(22)24(31)33-5/h8-11,13-14,18,29H,6-7,12,15H2,1-5H3,(H,27,28). The minimum absolute atomic E-state index is 0.0987. The summed E-state index contributed by atoms with van der Waals surface area (Å²) < 4.78 is 10.6. The number of carbonyl (C=O) groups is 2. The number of rotatable bonds is 4. The van der Waals surface area contributed by atoms with Gasteiger partial charge in [0.1, 0.15) is 11.2 Å². The second-order valence-electron chi connectivity index (χ2n) is 9.72. The lowest BCUT2D eigenvalue weighted by Gasteiger charge is -2.35. The summed E-state index contributed by atoms with van der Waals surface area (Å²) in [5, 5.41) is 4.44. The maximum atomic E-state index is 12.5. The molecule has 1 unspecified atom stereocenters. The van der Waals surface area contributed by atoms with Crippen LogP contribution in [-0.2, 0) is 9.47 Å². The Bertz CT molecular complexity index is 1210. The van der Waals surface area contributed by atoms with Gasteiger partial charge < -0.3 is 24.7 Å². The van der Waals surface area contributed by atoms with Crippen LogP contribution in [0.5, 0.6) is 0 Å². The zero-order chi connectivity index (χ0) is 24.5. The summed E-state index contributed by atoms with van der Waals surface area (Å²) in [6, 6.07) is 8.13. The highest BCUT2D eigenvalue weighted by molar-refractivity contribution is 6.07. The number of aryl methyl sites for hydroxylation is 1. The number of esters is 1. The Morgan fingerprint density at radius 1 is 1.24 bits per heavy atom. The van der Waals surface area contributed by atoms with E-state index in [1.54, 1.807) is 11.1 Å². The molecule has 1 amide bonds. The third-order valence-electron chi connectivity index (χ3n) is 5.94. The normalized spacial score (nSPS) is 16.4. The van der Waals surface area contributed by atoms with Crippen molar-refractivity contribution in [2.75, 3.05) is 25.5 Å². The van der Waals surface area contributed by atoms with Crippen molar-refractivity contribution in [1.82, 2.24) is 14.9 Å². The van der Waals surface area contributed by atoms with Crippen LogP contribution in [0.4, 0.5) is 10.5 Å². The number of nitrogens with zero attached hydrogens (tertiary/aromatic N) is 2. The molecule has 0 bridgehead atoms. The van der Waals surface area contributed by atoms with Crippen molar-refractivity contribution in [3.05, 3.63) is 47.8 Å². The van der Waals surface area contributed by atoms with Crippen molar-refractivity contribution in [3.63, 3.8) is 0 Å². The van der Waals surface area contributed by atoms with Gasteiger partial charge in [0, 0.05) is 48.2 Å². The van der Waals surface area contributed by atoms with Gasteiger partial charge in [-0.15, -0.1) is 0 Å². The number of likely N-dealkylation sites (tertiary alicyclic amines) is 1. The first-order chi connectivity index (χ1) is 16.2. The van der Waals surface area contributed by atoms with Crippen molar-refractivity contribution in [2.24, 2.45) is 0 Å². The maximum absolute atomic E-state index is 12.5. The van der Waals surface area contributed by atoms with Crippen LogP contribution in [0.2, 0.25) is 0 Å². The van der Waals surface area contributed by atoms with Crippen LogP contribution in [0.25, 0.3) is 22.2 Å². The Kier molecular flexibility index (Phi) is 6.50. The number of benzene rings is 1. The van der Waals surface area contributed by atoms with E-state index in [-0.39, 0.29) is 12.1 Å². The highest BCUT2D eigenvalue weighted by Crippen LogP contribution is 2.35. The van der Waals surface area contributed by atoms with E-state index in [0.29, 0.717) is 24.3 Å². The Labute approximate surface area is 199 Å². The lowest BCUT2D eigenvalue weighted by molar-refractivity contribution is 0.0206. The molecular weight excluding hydrogens is 432 g/mol. The van der Waals surface area contributed by atoms with Gasteiger partial charge in [-0.2, -0.15) is 0 Å². The SMILES string of the molecule is COC(=O)c1cnc2[nH]ccc2c1-c1cc(NC2CCCN(C(=O)OC(C)(C)C)C2)ccc1C. The molecular formula is C26H32N4O4. The average Bonchev–Trinajstić information content (AvgIpc) is 3.27. The highest BCUT2D eigenvalue weighted by Gasteiger charge is 2.28. The average molecular weight is 465 g/mol. The first-order valence-corrected chi connectivity index (χ1v) is 11.6. The lowest BCUT2D eigenvalue weighted by atomic mass is 9.94. The molecule has 1 aliphatic heterocycles. The molecule has 1 saturated heterocycles. The second kappa shape index (κ2) is 9.37. The molecule has 0 aliphatic carbocycles. The third-order valence-corrected chi connectivity index (χ3v) is 5.94. The maximum Gasteiger partial charge on any atom is 0.410 e. The van der Waals surface area contributed by atoms with E-state index >= 15 is 0 Å². The number of amides is 1. The van der Waals surface area contributed by atoms with Gasteiger partial charge in [-0.1, -0.05) is 6.07 Å². The largest absolute Gasteiger partial charge is 0.465 e. The number of hydrogen-bond acceptors (Lipinski definition) is 6. The van der Waals surface area contributed by atoms with E-state index < -0.39 is 11.6 Å². The van der Waals surface area contributed by atoms with Crippen LogP contribution < -0.4 is 5.32 Å². The molecule has 0 spiro atoms. The fraction of sp³-hybridized carbons (Fsp3) is 0.423. The molecule has 34 heavy (non-hydrogen) atoms. The molecule has 0 saturated carbocycles. The minimum atomic E-state index is -0.519. The number of nitrogens with one attached hydrogen (secondary N) is 2. The molecule has 8 heteroatoms. The molecule has 2 aromatic heterocycles. The minimum Gasteiger partial charge on any atom is -0.465 e. The molecule has 4 rings (SSSR count). The van der Waals surface area contributed by atoms with E-state index in [4.69, 9.17) is 9.47 Å². The van der Waals surface area contributed by atoms with Crippen LogP contribution in [0, 0.1) is 6.92 Å². The van der Waals surface area contributed by atoms with Crippen molar-refractivity contribution in [2.45, 2.75) is 52.2 Å². The van der Waals surface area contributed by atoms with E-state index in [9.17, 15) is 9.59 Å². The topological polar surface area (TPSA) is 96.5 Å². The van der Waals surface area contributed by atoms with Gasteiger partial charge in [0.05, 0.1) is 12.7 Å². The number of carbonyl (C=O) groups excluding carboxylic acids is 2. The number of fused-ring (bicyclic) bond motifs is 1. The summed E-state index contributed by atoms with van der Waals surface area (Å²) in [4.78, 5) is 34.4. The Morgan fingerprint density at radius 2 is 2.03 bits per heavy atom. The molecule has 2 N–H and O–H groups in total. The number of aromatic nitrogens is 2. The molecule has 1 aromatic carbocycles. The molecule has 1 fully saturated rings. The van der Waals surface area contributed by atoms with E-state index in [1.807, 2.05) is 52.1 Å². The Morgan fingerprint density at radius 3 is 2.76 bits per heavy atom. The summed E-state index contributed by atoms with van der Waals surface area (Å²) in [5.74, 6) is -0.427. The molecule has 180 valence electrons. The van der Waals surface area contributed by atoms with Gasteiger partial charge in [0.25, 0.3) is 0 Å². The first-order valence-electron chi connectivity index (χ1n) is 11.6. The smallest absolute Gasteiger partial charge is 0.410 e. The van der Waals surface area contributed by atoms with Gasteiger partial charge in [-0.25, -0.2) is 14.6 Å². The molecule has 1 aliphatic rings. The summed E-state index contributed by atoms with van der Waals surface area (Å²) in [6.45, 7) is 8.91. The molecule has 8 nitrogen and oxygen atoms in total. The van der Waals surface area contributed by atoms with Crippen molar-refractivity contribution < 1.29 is 19.1 Å². The van der Waals surface area contributed by atoms with Gasteiger partial charge in [0.2, 0.25) is 0 Å². The number of methoxy groups -OCH3 is 1. The zero-order valence-corrected chi connectivity index (χ0v) is 20.4. The first kappa shape index (κ1) is 23.6. The summed E-state index contributed by atoms with van der Waals surface area (Å²) in [5.41, 5.74) is 4.28. The monoisotopic (exact) mass is 464 g/mol. The van der Waals surface area contributed by atoms with Crippen molar-refractivity contribution >= 4 is 28.8 Å². The fourth-order valence-electron chi connectivity index (χ4n) is 4.37. The van der Waals surface area contributed by atoms with Gasteiger partial charge in [0.15, 0.2) is 0 Å². The Hall–Kier alpha value is -3.55. The zero-order valence-electron chi connectivity index (χ0n) is 20.4. The van der Waals surface area contributed by atoms with Crippen LogP contribution in [-0.4, -0.2) is 58.8 Å².